The molecule has 3 fully saturated rings. The summed E-state index contributed by atoms with van der Waals surface area (Å²) in [6.45, 7) is 0.437. The number of aliphatic carboxylic acids is 1. The minimum Gasteiger partial charge on any atom is -0.481 e. The smallest absolute Gasteiger partial charge is 0.426 e. The van der Waals surface area contributed by atoms with Crippen molar-refractivity contribution in [2.24, 2.45) is 17.3 Å². The largest absolute Gasteiger partial charge is 0.481 e. The molecule has 6 rings (SSSR count). The number of rotatable bonds is 5. The molecule has 42 heavy (non-hydrogen) atoms. The molecule has 1 aromatic heterocycles. The summed E-state index contributed by atoms with van der Waals surface area (Å²) in [6, 6.07) is 4.32. The van der Waals surface area contributed by atoms with Crippen molar-refractivity contribution < 1.29 is 45.1 Å². The Bertz CT molecular complexity index is 1560. The number of pyridine rings is 1. The third-order valence-corrected chi connectivity index (χ3v) is 12.6. The lowest BCUT2D eigenvalue weighted by Crippen LogP contribution is -2.57. The highest BCUT2D eigenvalue weighted by atomic mass is 32.2. The first-order valence-electron chi connectivity index (χ1n) is 13.8. The van der Waals surface area contributed by atoms with Gasteiger partial charge in [0.25, 0.3) is 0 Å². The Morgan fingerprint density at radius 2 is 1.67 bits per heavy atom. The maximum Gasteiger partial charge on any atom is 0.426 e. The molecule has 13 heteroatoms. The van der Waals surface area contributed by atoms with Gasteiger partial charge in [0.05, 0.1) is 22.5 Å². The third-order valence-electron chi connectivity index (χ3n) is 10.1. The highest BCUT2D eigenvalue weighted by Gasteiger charge is 2.64. The Hall–Kier alpha value is -3.09. The summed E-state index contributed by atoms with van der Waals surface area (Å²) in [6.07, 6.45) is -2.39. The van der Waals surface area contributed by atoms with Crippen molar-refractivity contribution in [2.45, 2.75) is 79.4 Å². The Morgan fingerprint density at radius 1 is 1.05 bits per heavy atom. The average molecular weight is 613 g/mol. The Balaban J connectivity index is 1.38. The topological polar surface area (TPSA) is 105 Å². The van der Waals surface area contributed by atoms with Gasteiger partial charge in [0, 0.05) is 24.2 Å². The lowest BCUT2D eigenvalue weighted by atomic mass is 9.48. The molecule has 1 amide bonds. The van der Waals surface area contributed by atoms with Gasteiger partial charge in [-0.1, -0.05) is 0 Å². The van der Waals surface area contributed by atoms with E-state index in [1.165, 1.54) is 4.90 Å². The van der Waals surface area contributed by atoms with Crippen LogP contribution in [0.1, 0.15) is 62.3 Å². The molecule has 3 unspecified atom stereocenters. The zero-order chi connectivity index (χ0) is 30.5. The van der Waals surface area contributed by atoms with Crippen molar-refractivity contribution in [1.82, 2.24) is 9.88 Å². The lowest BCUT2D eigenvalue weighted by molar-refractivity contribution is -0.228. The summed E-state index contributed by atoms with van der Waals surface area (Å²) < 4.78 is 96.0. The number of carboxylic acids is 1. The van der Waals surface area contributed by atoms with Crippen LogP contribution < -0.4 is 0 Å². The highest BCUT2D eigenvalue weighted by molar-refractivity contribution is 7.92. The SMILES string of the molecule is CC(F)(c1cnc2c(c1)CCC1N(C(=O)C3CC4(CC(C(=O)O)C4)C3)CCC21S(=O)(=O)c1ccc(F)cc1)C(F)(F)F. The molecule has 0 bridgehead atoms. The monoisotopic (exact) mass is 612 g/mol. The molecule has 226 valence electrons. The average Bonchev–Trinajstić information content (AvgIpc) is 3.28. The first-order chi connectivity index (χ1) is 19.5. The van der Waals surface area contributed by atoms with E-state index in [-0.39, 0.29) is 59.2 Å². The molecule has 3 atom stereocenters. The van der Waals surface area contributed by atoms with Gasteiger partial charge in [-0.05, 0) is 93.2 Å². The van der Waals surface area contributed by atoms with Crippen LogP contribution in [0.4, 0.5) is 22.0 Å². The van der Waals surface area contributed by atoms with Gasteiger partial charge in [-0.3, -0.25) is 14.6 Å². The van der Waals surface area contributed by atoms with E-state index in [4.69, 9.17) is 0 Å². The predicted molar refractivity (Wildman–Crippen MR) is 138 cm³/mol. The second kappa shape index (κ2) is 9.20. The Kier molecular flexibility index (Phi) is 6.36. The normalized spacial score (nSPS) is 31.9. The van der Waals surface area contributed by atoms with Crippen molar-refractivity contribution in [3.05, 3.63) is 59.2 Å². The number of amides is 1. The van der Waals surface area contributed by atoms with Crippen LogP contribution in [0.15, 0.2) is 41.4 Å². The zero-order valence-corrected chi connectivity index (χ0v) is 23.4. The van der Waals surface area contributed by atoms with Crippen LogP contribution in [0.2, 0.25) is 0 Å². The summed E-state index contributed by atoms with van der Waals surface area (Å²) in [5, 5.41) is 9.22. The quantitative estimate of drug-likeness (QED) is 0.374. The molecule has 2 aromatic rings. The molecule has 7 nitrogen and oxygen atoms in total. The molecule has 4 aliphatic rings. The van der Waals surface area contributed by atoms with E-state index in [1.54, 1.807) is 0 Å². The van der Waals surface area contributed by atoms with Crippen LogP contribution in [0, 0.1) is 23.1 Å². The summed E-state index contributed by atoms with van der Waals surface area (Å²) in [5.41, 5.74) is -4.50. The molecule has 1 N–H and O–H groups in total. The molecular weight excluding hydrogens is 583 g/mol. The fourth-order valence-electron chi connectivity index (χ4n) is 7.74. The number of fused-ring (bicyclic) bond motifs is 3. The number of carboxylic acid groups (broad SMARTS) is 1. The minimum atomic E-state index is -5.22. The number of alkyl halides is 4. The van der Waals surface area contributed by atoms with Crippen LogP contribution in [0.3, 0.4) is 0 Å². The maximum atomic E-state index is 14.9. The first-order valence-corrected chi connectivity index (χ1v) is 15.3. The van der Waals surface area contributed by atoms with Crippen molar-refractivity contribution in [2.75, 3.05) is 6.54 Å². The molecule has 0 radical (unpaired) electrons. The van der Waals surface area contributed by atoms with Crippen LogP contribution in [0.5, 0.6) is 0 Å². The van der Waals surface area contributed by atoms with Crippen LogP contribution in [-0.2, 0) is 36.3 Å². The molecule has 2 heterocycles. The fourth-order valence-corrected chi connectivity index (χ4v) is 10.1. The van der Waals surface area contributed by atoms with Crippen molar-refractivity contribution >= 4 is 21.7 Å². The molecule has 1 spiro atoms. The number of hydrogen-bond acceptors (Lipinski definition) is 5. The van der Waals surface area contributed by atoms with E-state index in [9.17, 15) is 45.1 Å². The molecular formula is C29H29F5N2O5S. The molecule has 1 saturated heterocycles. The number of carbonyl (C=O) groups excluding carboxylic acids is 1. The zero-order valence-electron chi connectivity index (χ0n) is 22.6. The van der Waals surface area contributed by atoms with Gasteiger partial charge < -0.3 is 10.0 Å². The lowest BCUT2D eigenvalue weighted by Gasteiger charge is -2.57. The van der Waals surface area contributed by atoms with Crippen LogP contribution in [0.25, 0.3) is 0 Å². The predicted octanol–water partition coefficient (Wildman–Crippen LogP) is 5.08. The van der Waals surface area contributed by atoms with Crippen molar-refractivity contribution in [3.8, 4) is 0 Å². The van der Waals surface area contributed by atoms with Gasteiger partial charge in [0.1, 0.15) is 10.6 Å². The maximum absolute atomic E-state index is 14.9. The number of likely N-dealkylation sites (tertiary alicyclic amines) is 1. The number of nitrogens with zero attached hydrogens (tertiary/aromatic N) is 2. The van der Waals surface area contributed by atoms with E-state index >= 15 is 0 Å². The molecule has 1 aliphatic heterocycles. The summed E-state index contributed by atoms with van der Waals surface area (Å²) in [7, 11) is -4.39. The summed E-state index contributed by atoms with van der Waals surface area (Å²) in [4.78, 5) is 30.5. The van der Waals surface area contributed by atoms with Gasteiger partial charge in [-0.2, -0.15) is 13.2 Å². The van der Waals surface area contributed by atoms with E-state index in [2.05, 4.69) is 4.98 Å². The second-order valence-corrected chi connectivity index (χ2v) is 14.7. The number of hydrogen-bond donors (Lipinski definition) is 1. The second-order valence-electron chi connectivity index (χ2n) is 12.5. The standard InChI is InChI=1S/C29H29F5N2O5S/c1-26(31,29(32,33)34)19-10-16-2-7-22-28(23(16)35-15-19,42(40,41)21-5-3-20(30)4-6-21)8-9-36(22)24(37)17-11-27(12-17)13-18(14-27)25(38)39/h3-6,10,15,17-18,22H,2,7-9,11-14H2,1H3,(H,38,39). The van der Waals surface area contributed by atoms with E-state index < -0.39 is 55.7 Å². The summed E-state index contributed by atoms with van der Waals surface area (Å²) in [5.74, 6) is -2.57. The van der Waals surface area contributed by atoms with E-state index in [0.29, 0.717) is 38.8 Å². The van der Waals surface area contributed by atoms with E-state index in [1.807, 2.05) is 0 Å². The minimum absolute atomic E-state index is 0.0199. The molecule has 2 saturated carbocycles. The van der Waals surface area contributed by atoms with Gasteiger partial charge in [-0.15, -0.1) is 0 Å². The fraction of sp³-hybridized carbons (Fsp3) is 0.552. The highest BCUT2D eigenvalue weighted by Crippen LogP contribution is 2.62. The number of aromatic nitrogens is 1. The number of aryl methyl sites for hydroxylation is 1. The number of sulfone groups is 1. The van der Waals surface area contributed by atoms with Crippen molar-refractivity contribution in [1.29, 1.82) is 0 Å². The molecule has 1 aromatic carbocycles. The number of carbonyl (C=O) groups is 2. The van der Waals surface area contributed by atoms with Gasteiger partial charge >= 0.3 is 12.1 Å². The number of halogens is 5. The first kappa shape index (κ1) is 29.0. The van der Waals surface area contributed by atoms with Crippen LogP contribution >= 0.6 is 0 Å². The van der Waals surface area contributed by atoms with Crippen LogP contribution in [-0.4, -0.2) is 54.0 Å². The van der Waals surface area contributed by atoms with Crippen molar-refractivity contribution in [3.63, 3.8) is 0 Å². The number of benzene rings is 1. The van der Waals surface area contributed by atoms with Gasteiger partial charge in [0.15, 0.2) is 9.84 Å². The summed E-state index contributed by atoms with van der Waals surface area (Å²) >= 11 is 0. The van der Waals surface area contributed by atoms with Gasteiger partial charge in [0.2, 0.25) is 11.6 Å². The van der Waals surface area contributed by atoms with Gasteiger partial charge in [-0.25, -0.2) is 17.2 Å². The van der Waals surface area contributed by atoms with E-state index in [0.717, 1.165) is 30.3 Å². The third kappa shape index (κ3) is 4.01. The molecule has 3 aliphatic carbocycles. The Labute approximate surface area is 239 Å². The Morgan fingerprint density at radius 3 is 2.26 bits per heavy atom.